The predicted octanol–water partition coefficient (Wildman–Crippen LogP) is 4.06. The molecule has 0 radical (unpaired) electrons. The maximum atomic E-state index is 5.76. The van der Waals surface area contributed by atoms with Crippen molar-refractivity contribution in [2.24, 2.45) is 0 Å². The van der Waals surface area contributed by atoms with Crippen molar-refractivity contribution in [1.82, 2.24) is 10.3 Å². The second kappa shape index (κ2) is 6.02. The molecule has 0 spiro atoms. The molecule has 2 aromatic rings. The lowest BCUT2D eigenvalue weighted by atomic mass is 9.90. The smallest absolute Gasteiger partial charge is 0.105 e. The Bertz CT molecular complexity index is 617. The molecule has 1 N–H and O–H groups in total. The van der Waals surface area contributed by atoms with Gasteiger partial charge in [-0.2, -0.15) is 0 Å². The van der Waals surface area contributed by atoms with Crippen molar-refractivity contribution in [1.29, 1.82) is 0 Å². The Hall–Kier alpha value is -1.61. The van der Waals surface area contributed by atoms with E-state index in [0.29, 0.717) is 12.0 Å². The third-order valence-corrected chi connectivity index (χ3v) is 4.43. The first-order chi connectivity index (χ1) is 10.2. The third-order valence-electron chi connectivity index (χ3n) is 4.43. The van der Waals surface area contributed by atoms with E-state index < -0.39 is 0 Å². The van der Waals surface area contributed by atoms with Gasteiger partial charge in [0.1, 0.15) is 11.5 Å². The van der Waals surface area contributed by atoms with Crippen LogP contribution in [0.1, 0.15) is 60.1 Å². The van der Waals surface area contributed by atoms with Gasteiger partial charge in [0, 0.05) is 29.4 Å². The van der Waals surface area contributed by atoms with E-state index in [9.17, 15) is 0 Å². The Morgan fingerprint density at radius 2 is 2.29 bits per heavy atom. The zero-order valence-electron chi connectivity index (χ0n) is 13.1. The zero-order chi connectivity index (χ0) is 14.8. The minimum absolute atomic E-state index is 0.304. The molecule has 112 valence electrons. The number of hydrogen-bond donors (Lipinski definition) is 1. The molecule has 0 aliphatic heterocycles. The fourth-order valence-corrected chi connectivity index (χ4v) is 3.50. The number of furan rings is 1. The summed E-state index contributed by atoms with van der Waals surface area (Å²) in [7, 11) is 0. The second-order valence-electron chi connectivity index (χ2n) is 5.99. The van der Waals surface area contributed by atoms with E-state index in [1.807, 2.05) is 19.2 Å². The van der Waals surface area contributed by atoms with E-state index in [4.69, 9.17) is 4.42 Å². The molecule has 0 fully saturated rings. The Morgan fingerprint density at radius 1 is 1.43 bits per heavy atom. The second-order valence-corrected chi connectivity index (χ2v) is 5.99. The molecular formula is C18H24N2O. The van der Waals surface area contributed by atoms with Crippen molar-refractivity contribution < 1.29 is 4.42 Å². The normalized spacial score (nSPS) is 18.7. The van der Waals surface area contributed by atoms with E-state index in [1.165, 1.54) is 16.8 Å². The molecule has 0 saturated carbocycles. The molecule has 0 saturated heterocycles. The molecule has 2 unspecified atom stereocenters. The molecule has 3 rings (SSSR count). The van der Waals surface area contributed by atoms with Crippen molar-refractivity contribution in [3.63, 3.8) is 0 Å². The minimum atomic E-state index is 0.304. The topological polar surface area (TPSA) is 38.1 Å². The van der Waals surface area contributed by atoms with Gasteiger partial charge in [0.15, 0.2) is 0 Å². The standard InChI is InChI=1S/C18H24N2O/c1-4-9-19-18(16-11-12(2)21-13(16)3)15-8-7-14-6-5-10-20-17(14)15/h5-6,10-11,15,18-19H,4,7-9H2,1-3H3. The van der Waals surface area contributed by atoms with Crippen molar-refractivity contribution in [3.05, 3.63) is 52.7 Å². The fourth-order valence-electron chi connectivity index (χ4n) is 3.50. The lowest BCUT2D eigenvalue weighted by molar-refractivity contribution is 0.424. The van der Waals surface area contributed by atoms with Gasteiger partial charge in [0.05, 0.1) is 0 Å². The van der Waals surface area contributed by atoms with Gasteiger partial charge in [-0.25, -0.2) is 0 Å². The molecule has 21 heavy (non-hydrogen) atoms. The summed E-state index contributed by atoms with van der Waals surface area (Å²) in [6.07, 6.45) is 5.35. The molecule has 2 heterocycles. The van der Waals surface area contributed by atoms with E-state index >= 15 is 0 Å². The summed E-state index contributed by atoms with van der Waals surface area (Å²) in [5, 5.41) is 3.72. The number of aromatic nitrogens is 1. The largest absolute Gasteiger partial charge is 0.466 e. The number of nitrogens with zero attached hydrogens (tertiary/aromatic N) is 1. The van der Waals surface area contributed by atoms with Crippen LogP contribution in [0.3, 0.4) is 0 Å². The highest BCUT2D eigenvalue weighted by Gasteiger charge is 2.33. The molecule has 3 heteroatoms. The minimum Gasteiger partial charge on any atom is -0.466 e. The SMILES string of the molecule is CCCNC(c1cc(C)oc1C)C1CCc2cccnc21. The quantitative estimate of drug-likeness (QED) is 0.899. The number of hydrogen-bond acceptors (Lipinski definition) is 3. The van der Waals surface area contributed by atoms with Crippen LogP contribution < -0.4 is 5.32 Å². The highest BCUT2D eigenvalue weighted by Crippen LogP contribution is 2.41. The molecule has 1 aliphatic carbocycles. The van der Waals surface area contributed by atoms with Gasteiger partial charge < -0.3 is 9.73 Å². The van der Waals surface area contributed by atoms with Gasteiger partial charge in [0.25, 0.3) is 0 Å². The van der Waals surface area contributed by atoms with Crippen LogP contribution >= 0.6 is 0 Å². The summed E-state index contributed by atoms with van der Waals surface area (Å²) >= 11 is 0. The van der Waals surface area contributed by atoms with Crippen LogP contribution in [0.4, 0.5) is 0 Å². The summed E-state index contributed by atoms with van der Waals surface area (Å²) in [5.74, 6) is 2.47. The van der Waals surface area contributed by atoms with Crippen LogP contribution in [0.5, 0.6) is 0 Å². The lowest BCUT2D eigenvalue weighted by Gasteiger charge is -2.25. The van der Waals surface area contributed by atoms with E-state index in [0.717, 1.165) is 37.3 Å². The molecule has 3 nitrogen and oxygen atoms in total. The van der Waals surface area contributed by atoms with Crippen LogP contribution in [-0.4, -0.2) is 11.5 Å². The van der Waals surface area contributed by atoms with Crippen molar-refractivity contribution in [2.75, 3.05) is 6.54 Å². The summed E-state index contributed by atoms with van der Waals surface area (Å²) in [5.41, 5.74) is 3.97. The third kappa shape index (κ3) is 2.75. The summed E-state index contributed by atoms with van der Waals surface area (Å²) < 4.78 is 5.76. The maximum Gasteiger partial charge on any atom is 0.105 e. The van der Waals surface area contributed by atoms with Crippen LogP contribution in [0.25, 0.3) is 0 Å². The highest BCUT2D eigenvalue weighted by atomic mass is 16.3. The van der Waals surface area contributed by atoms with E-state index in [2.05, 4.69) is 36.3 Å². The highest BCUT2D eigenvalue weighted by molar-refractivity contribution is 5.35. The first kappa shape index (κ1) is 14.3. The molecule has 2 atom stereocenters. The first-order valence-electron chi connectivity index (χ1n) is 7.94. The Labute approximate surface area is 126 Å². The van der Waals surface area contributed by atoms with Crippen LogP contribution in [0, 0.1) is 13.8 Å². The van der Waals surface area contributed by atoms with Gasteiger partial charge in [-0.05, 0) is 57.4 Å². The van der Waals surface area contributed by atoms with Gasteiger partial charge in [0.2, 0.25) is 0 Å². The number of aryl methyl sites for hydroxylation is 3. The Morgan fingerprint density at radius 3 is 3.00 bits per heavy atom. The fraction of sp³-hybridized carbons (Fsp3) is 0.500. The van der Waals surface area contributed by atoms with E-state index in [-0.39, 0.29) is 0 Å². The maximum absolute atomic E-state index is 5.76. The molecule has 0 bridgehead atoms. The van der Waals surface area contributed by atoms with Crippen molar-refractivity contribution in [2.45, 2.75) is 52.0 Å². The van der Waals surface area contributed by atoms with Crippen molar-refractivity contribution in [3.8, 4) is 0 Å². The van der Waals surface area contributed by atoms with Gasteiger partial charge in [-0.15, -0.1) is 0 Å². The van der Waals surface area contributed by atoms with Gasteiger partial charge >= 0.3 is 0 Å². The van der Waals surface area contributed by atoms with Gasteiger partial charge in [-0.3, -0.25) is 4.98 Å². The summed E-state index contributed by atoms with van der Waals surface area (Å²) in [4.78, 5) is 4.66. The number of pyridine rings is 1. The van der Waals surface area contributed by atoms with Crippen molar-refractivity contribution >= 4 is 0 Å². The zero-order valence-corrected chi connectivity index (χ0v) is 13.1. The summed E-state index contributed by atoms with van der Waals surface area (Å²) in [6, 6.07) is 6.75. The molecule has 1 aliphatic rings. The monoisotopic (exact) mass is 284 g/mol. The number of rotatable bonds is 5. The molecule has 0 amide bonds. The average molecular weight is 284 g/mol. The molecule has 0 aromatic carbocycles. The summed E-state index contributed by atoms with van der Waals surface area (Å²) in [6.45, 7) is 7.32. The number of nitrogens with one attached hydrogen (secondary N) is 1. The predicted molar refractivity (Wildman–Crippen MR) is 84.5 cm³/mol. The Kier molecular flexibility index (Phi) is 4.11. The van der Waals surface area contributed by atoms with E-state index in [1.54, 1.807) is 0 Å². The van der Waals surface area contributed by atoms with Crippen LogP contribution in [0.2, 0.25) is 0 Å². The molecular weight excluding hydrogens is 260 g/mol. The van der Waals surface area contributed by atoms with Crippen LogP contribution in [0.15, 0.2) is 28.8 Å². The average Bonchev–Trinajstić information content (AvgIpc) is 3.04. The van der Waals surface area contributed by atoms with Crippen LogP contribution in [-0.2, 0) is 6.42 Å². The molecule has 2 aromatic heterocycles. The number of fused-ring (bicyclic) bond motifs is 1. The van der Waals surface area contributed by atoms with Gasteiger partial charge in [-0.1, -0.05) is 13.0 Å². The first-order valence-corrected chi connectivity index (χ1v) is 7.94. The lowest BCUT2D eigenvalue weighted by Crippen LogP contribution is -2.27. The Balaban J connectivity index is 1.95.